The second-order valence-corrected chi connectivity index (χ2v) is 4.47. The molecule has 1 aromatic rings. The summed E-state index contributed by atoms with van der Waals surface area (Å²) in [5, 5.41) is 6.03. The van der Waals surface area contributed by atoms with E-state index in [4.69, 9.17) is 4.74 Å². The van der Waals surface area contributed by atoms with Crippen LogP contribution < -0.4 is 15.4 Å². The Labute approximate surface area is 122 Å². The zero-order valence-electron chi connectivity index (χ0n) is 12.3. The van der Waals surface area contributed by atoms with Crippen molar-refractivity contribution in [3.63, 3.8) is 0 Å². The second-order valence-electron chi connectivity index (χ2n) is 4.47. The predicted molar refractivity (Wildman–Crippen MR) is 76.6 cm³/mol. The van der Waals surface area contributed by atoms with Crippen LogP contribution in [0.15, 0.2) is 23.2 Å². The van der Waals surface area contributed by atoms with E-state index in [-0.39, 0.29) is 5.75 Å². The summed E-state index contributed by atoms with van der Waals surface area (Å²) in [6.45, 7) is 3.45. The van der Waals surface area contributed by atoms with E-state index in [0.29, 0.717) is 24.6 Å². The Morgan fingerprint density at radius 2 is 2.00 bits per heavy atom. The molecule has 21 heavy (non-hydrogen) atoms. The summed E-state index contributed by atoms with van der Waals surface area (Å²) in [4.78, 5) is 4.00. The Kier molecular flexibility index (Phi) is 6.33. The zero-order chi connectivity index (χ0) is 15.9. The number of hydrogen-bond acceptors (Lipinski definition) is 2. The maximum atomic E-state index is 12.3. The van der Waals surface area contributed by atoms with Gasteiger partial charge in [0, 0.05) is 25.7 Å². The van der Waals surface area contributed by atoms with Gasteiger partial charge in [0.25, 0.3) is 0 Å². The molecule has 0 unspecified atom stereocenters. The Morgan fingerprint density at radius 3 is 2.57 bits per heavy atom. The highest BCUT2D eigenvalue weighted by Gasteiger charge is 2.28. The number of halogens is 3. The number of nitrogens with zero attached hydrogens (tertiary/aromatic N) is 1. The number of aryl methyl sites for hydroxylation is 1. The number of aliphatic imine (C=N–C) groups is 1. The predicted octanol–water partition coefficient (Wildman–Crippen LogP) is 2.62. The number of ether oxygens (including phenoxy) is 1. The lowest BCUT2D eigenvalue weighted by atomic mass is 10.1. The van der Waals surface area contributed by atoms with Gasteiger partial charge in [-0.25, -0.2) is 0 Å². The molecule has 0 saturated carbocycles. The molecule has 0 aliphatic carbocycles. The van der Waals surface area contributed by atoms with Crippen LogP contribution in [0.3, 0.4) is 0 Å². The smallest absolute Gasteiger partial charge is 0.422 e. The third-order valence-electron chi connectivity index (χ3n) is 2.63. The van der Waals surface area contributed by atoms with Crippen LogP contribution in [0.5, 0.6) is 5.75 Å². The van der Waals surface area contributed by atoms with Gasteiger partial charge in [0.1, 0.15) is 5.75 Å². The molecule has 0 saturated heterocycles. The Bertz CT molecular complexity index is 487. The number of hydrogen-bond donors (Lipinski definition) is 2. The summed E-state index contributed by atoms with van der Waals surface area (Å²) in [7, 11) is 1.63. The number of alkyl halides is 3. The van der Waals surface area contributed by atoms with Crippen molar-refractivity contribution in [3.05, 3.63) is 29.3 Å². The molecule has 4 nitrogen and oxygen atoms in total. The maximum absolute atomic E-state index is 12.3. The number of rotatable bonds is 5. The van der Waals surface area contributed by atoms with Crippen molar-refractivity contribution in [3.8, 4) is 5.75 Å². The molecular weight excluding hydrogens is 283 g/mol. The summed E-state index contributed by atoms with van der Waals surface area (Å²) in [5.41, 5.74) is 1.48. The fourth-order valence-corrected chi connectivity index (χ4v) is 1.67. The molecule has 118 valence electrons. The first-order chi connectivity index (χ1) is 9.85. The van der Waals surface area contributed by atoms with Crippen LogP contribution in [0.2, 0.25) is 0 Å². The van der Waals surface area contributed by atoms with Crippen molar-refractivity contribution in [1.82, 2.24) is 10.6 Å². The van der Waals surface area contributed by atoms with Gasteiger partial charge in [-0.15, -0.1) is 0 Å². The topological polar surface area (TPSA) is 45.7 Å². The van der Waals surface area contributed by atoms with Gasteiger partial charge in [0.15, 0.2) is 12.6 Å². The number of nitrogens with one attached hydrogen (secondary N) is 2. The van der Waals surface area contributed by atoms with Crippen molar-refractivity contribution in [2.75, 3.05) is 20.2 Å². The summed E-state index contributed by atoms with van der Waals surface area (Å²) >= 11 is 0. The fraction of sp³-hybridized carbons (Fsp3) is 0.500. The molecule has 0 aliphatic heterocycles. The molecule has 1 rings (SSSR count). The molecule has 2 N–H and O–H groups in total. The molecule has 0 atom stereocenters. The third kappa shape index (κ3) is 6.37. The van der Waals surface area contributed by atoms with Crippen LogP contribution in [0.4, 0.5) is 13.2 Å². The van der Waals surface area contributed by atoms with E-state index in [2.05, 4.69) is 15.6 Å². The molecule has 0 radical (unpaired) electrons. The fourth-order valence-electron chi connectivity index (χ4n) is 1.67. The Morgan fingerprint density at radius 1 is 1.29 bits per heavy atom. The monoisotopic (exact) mass is 303 g/mol. The molecular formula is C14H20F3N3O. The molecule has 0 aliphatic rings. The molecule has 0 fully saturated rings. The lowest BCUT2D eigenvalue weighted by Crippen LogP contribution is -2.36. The van der Waals surface area contributed by atoms with Crippen LogP contribution in [-0.2, 0) is 6.54 Å². The van der Waals surface area contributed by atoms with E-state index >= 15 is 0 Å². The molecule has 0 spiro atoms. The van der Waals surface area contributed by atoms with E-state index in [1.807, 2.05) is 13.0 Å². The van der Waals surface area contributed by atoms with Crippen molar-refractivity contribution in [2.24, 2.45) is 4.99 Å². The Hall–Kier alpha value is -1.92. The number of guanidine groups is 1. The van der Waals surface area contributed by atoms with Gasteiger partial charge in [0.2, 0.25) is 0 Å². The van der Waals surface area contributed by atoms with Gasteiger partial charge < -0.3 is 15.4 Å². The maximum Gasteiger partial charge on any atom is 0.422 e. The van der Waals surface area contributed by atoms with Gasteiger partial charge >= 0.3 is 6.18 Å². The van der Waals surface area contributed by atoms with Crippen LogP contribution in [0.1, 0.15) is 18.1 Å². The van der Waals surface area contributed by atoms with Gasteiger partial charge in [-0.05, 0) is 25.5 Å². The normalized spacial score (nSPS) is 12.2. The molecule has 0 aromatic heterocycles. The molecule has 0 heterocycles. The van der Waals surface area contributed by atoms with Gasteiger partial charge in [-0.3, -0.25) is 4.99 Å². The SMILES string of the molecule is CCNC(=NC)NCc1ccc(C)cc1OCC(F)(F)F. The van der Waals surface area contributed by atoms with Crippen LogP contribution in [0.25, 0.3) is 0 Å². The minimum atomic E-state index is -4.35. The lowest BCUT2D eigenvalue weighted by Gasteiger charge is -2.15. The van der Waals surface area contributed by atoms with Crippen molar-refractivity contribution < 1.29 is 17.9 Å². The standard InChI is InChI=1S/C14H20F3N3O/c1-4-19-13(18-3)20-8-11-6-5-10(2)7-12(11)21-9-14(15,16)17/h5-7H,4,8-9H2,1-3H3,(H2,18,19,20). The van der Waals surface area contributed by atoms with Crippen molar-refractivity contribution >= 4 is 5.96 Å². The van der Waals surface area contributed by atoms with E-state index in [9.17, 15) is 13.2 Å². The average Bonchev–Trinajstić information content (AvgIpc) is 2.41. The Balaban J connectivity index is 2.77. The molecule has 7 heteroatoms. The lowest BCUT2D eigenvalue weighted by molar-refractivity contribution is -0.153. The molecule has 0 amide bonds. The molecule has 0 bridgehead atoms. The summed E-state index contributed by atoms with van der Waals surface area (Å²) in [5.74, 6) is 0.812. The van der Waals surface area contributed by atoms with Gasteiger partial charge in [-0.2, -0.15) is 13.2 Å². The second kappa shape index (κ2) is 7.75. The number of benzene rings is 1. The zero-order valence-corrected chi connectivity index (χ0v) is 12.3. The quantitative estimate of drug-likeness (QED) is 0.649. The van der Waals surface area contributed by atoms with E-state index < -0.39 is 12.8 Å². The summed E-state index contributed by atoms with van der Waals surface area (Å²) in [6, 6.07) is 5.17. The summed E-state index contributed by atoms with van der Waals surface area (Å²) in [6.07, 6.45) is -4.35. The van der Waals surface area contributed by atoms with E-state index in [1.54, 1.807) is 26.1 Å². The van der Waals surface area contributed by atoms with Crippen molar-refractivity contribution in [2.45, 2.75) is 26.6 Å². The van der Waals surface area contributed by atoms with E-state index in [1.165, 1.54) is 0 Å². The first kappa shape index (κ1) is 17.1. The molecule has 1 aromatic carbocycles. The van der Waals surface area contributed by atoms with Gasteiger partial charge in [0.05, 0.1) is 0 Å². The highest BCUT2D eigenvalue weighted by atomic mass is 19.4. The van der Waals surface area contributed by atoms with Crippen molar-refractivity contribution in [1.29, 1.82) is 0 Å². The highest BCUT2D eigenvalue weighted by Crippen LogP contribution is 2.23. The summed E-state index contributed by atoms with van der Waals surface area (Å²) < 4.78 is 41.7. The van der Waals surface area contributed by atoms with Crippen LogP contribution in [0, 0.1) is 6.92 Å². The minimum absolute atomic E-state index is 0.228. The van der Waals surface area contributed by atoms with Crippen LogP contribution in [-0.4, -0.2) is 32.3 Å². The average molecular weight is 303 g/mol. The largest absolute Gasteiger partial charge is 0.484 e. The minimum Gasteiger partial charge on any atom is -0.484 e. The highest BCUT2D eigenvalue weighted by molar-refractivity contribution is 5.79. The first-order valence-electron chi connectivity index (χ1n) is 6.59. The van der Waals surface area contributed by atoms with Crippen LogP contribution >= 0.6 is 0 Å². The first-order valence-corrected chi connectivity index (χ1v) is 6.59. The third-order valence-corrected chi connectivity index (χ3v) is 2.63. The van der Waals surface area contributed by atoms with E-state index in [0.717, 1.165) is 5.56 Å². The van der Waals surface area contributed by atoms with Gasteiger partial charge in [-0.1, -0.05) is 12.1 Å².